The molecule has 1 aliphatic heterocycles. The first-order chi connectivity index (χ1) is 9.65. The van der Waals surface area contributed by atoms with E-state index in [0.29, 0.717) is 28.9 Å². The molecular formula is C14H19ClN2O3. The van der Waals surface area contributed by atoms with Crippen LogP contribution in [0.3, 0.4) is 0 Å². The van der Waals surface area contributed by atoms with E-state index in [-0.39, 0.29) is 12.5 Å². The smallest absolute Gasteiger partial charge is 0.250 e. The lowest BCUT2D eigenvalue weighted by Crippen LogP contribution is -2.24. The van der Waals surface area contributed by atoms with Gasteiger partial charge in [-0.3, -0.25) is 4.79 Å². The van der Waals surface area contributed by atoms with Crippen molar-refractivity contribution in [3.63, 3.8) is 0 Å². The van der Waals surface area contributed by atoms with Gasteiger partial charge >= 0.3 is 0 Å². The number of amides is 1. The summed E-state index contributed by atoms with van der Waals surface area (Å²) in [6.07, 6.45) is 1.98. The third-order valence-electron chi connectivity index (χ3n) is 3.22. The third-order valence-corrected chi connectivity index (χ3v) is 3.45. The molecule has 0 aromatic heterocycles. The van der Waals surface area contributed by atoms with Crippen LogP contribution in [0.5, 0.6) is 0 Å². The summed E-state index contributed by atoms with van der Waals surface area (Å²) in [7, 11) is 0. The molecule has 0 spiro atoms. The van der Waals surface area contributed by atoms with Gasteiger partial charge in [-0.2, -0.15) is 0 Å². The molecule has 3 N–H and O–H groups in total. The molecule has 2 rings (SSSR count). The first kappa shape index (κ1) is 15.1. The van der Waals surface area contributed by atoms with Crippen molar-refractivity contribution in [2.24, 2.45) is 5.92 Å². The highest BCUT2D eigenvalue weighted by molar-refractivity contribution is 6.31. The zero-order valence-corrected chi connectivity index (χ0v) is 12.0. The molecule has 0 unspecified atom stereocenters. The van der Waals surface area contributed by atoms with Crippen molar-refractivity contribution in [2.75, 3.05) is 37.5 Å². The number of anilines is 2. The van der Waals surface area contributed by atoms with Crippen molar-refractivity contribution >= 4 is 28.9 Å². The first-order valence-corrected chi connectivity index (χ1v) is 7.03. The number of carbonyl (C=O) groups excluding carboxylic acids is 1. The highest BCUT2D eigenvalue weighted by Crippen LogP contribution is 2.22. The summed E-state index contributed by atoms with van der Waals surface area (Å²) < 4.78 is 10.7. The van der Waals surface area contributed by atoms with Crippen LogP contribution in [0.4, 0.5) is 11.4 Å². The number of nitrogens with two attached hydrogens (primary N) is 1. The van der Waals surface area contributed by atoms with Crippen LogP contribution in [-0.4, -0.2) is 32.3 Å². The van der Waals surface area contributed by atoms with Crippen LogP contribution in [0.25, 0.3) is 0 Å². The molecule has 1 heterocycles. The molecule has 1 saturated heterocycles. The highest BCUT2D eigenvalue weighted by Gasteiger charge is 2.14. The van der Waals surface area contributed by atoms with Gasteiger partial charge in [0.15, 0.2) is 0 Å². The molecule has 5 nitrogen and oxygen atoms in total. The maximum absolute atomic E-state index is 11.8. The summed E-state index contributed by atoms with van der Waals surface area (Å²) >= 11 is 5.86. The lowest BCUT2D eigenvalue weighted by Gasteiger charge is -2.21. The Morgan fingerprint density at radius 1 is 1.45 bits per heavy atom. The lowest BCUT2D eigenvalue weighted by molar-refractivity contribution is -0.121. The average molecular weight is 299 g/mol. The van der Waals surface area contributed by atoms with E-state index < -0.39 is 0 Å². The number of carbonyl (C=O) groups is 1. The van der Waals surface area contributed by atoms with E-state index in [9.17, 15) is 4.79 Å². The second-order valence-corrected chi connectivity index (χ2v) is 5.29. The number of benzene rings is 1. The van der Waals surface area contributed by atoms with Gasteiger partial charge in [-0.1, -0.05) is 11.6 Å². The SMILES string of the molecule is Nc1ccc(Cl)cc1NC(=O)COCC1CCOCC1. The predicted octanol–water partition coefficient (Wildman–Crippen LogP) is 2.30. The van der Waals surface area contributed by atoms with Crippen LogP contribution in [0.2, 0.25) is 5.02 Å². The van der Waals surface area contributed by atoms with Crippen molar-refractivity contribution in [1.29, 1.82) is 0 Å². The lowest BCUT2D eigenvalue weighted by atomic mass is 10.0. The number of nitrogens with one attached hydrogen (secondary N) is 1. The Hall–Kier alpha value is -1.30. The second-order valence-electron chi connectivity index (χ2n) is 4.85. The summed E-state index contributed by atoms with van der Waals surface area (Å²) in [6.45, 7) is 2.16. The van der Waals surface area contributed by atoms with Crippen LogP contribution >= 0.6 is 11.6 Å². The van der Waals surface area contributed by atoms with E-state index in [4.69, 9.17) is 26.8 Å². The van der Waals surface area contributed by atoms with E-state index >= 15 is 0 Å². The summed E-state index contributed by atoms with van der Waals surface area (Å²) in [4.78, 5) is 11.8. The summed E-state index contributed by atoms with van der Waals surface area (Å²) in [5.74, 6) is 0.249. The molecule has 0 bridgehead atoms. The van der Waals surface area contributed by atoms with E-state index in [1.807, 2.05) is 0 Å². The molecule has 1 aliphatic rings. The van der Waals surface area contributed by atoms with Gasteiger partial charge in [-0.05, 0) is 37.0 Å². The summed E-state index contributed by atoms with van der Waals surface area (Å²) in [5.41, 5.74) is 6.75. The number of hydrogen-bond acceptors (Lipinski definition) is 4. The van der Waals surface area contributed by atoms with Gasteiger partial charge in [-0.15, -0.1) is 0 Å². The fourth-order valence-electron chi connectivity index (χ4n) is 2.05. The zero-order valence-electron chi connectivity index (χ0n) is 11.2. The number of hydrogen-bond donors (Lipinski definition) is 2. The van der Waals surface area contributed by atoms with E-state index in [0.717, 1.165) is 26.1 Å². The standard InChI is InChI=1S/C14H19ClN2O3/c15-11-1-2-12(16)13(7-11)17-14(18)9-20-8-10-3-5-19-6-4-10/h1-2,7,10H,3-6,8-9,16H2,(H,17,18). The number of rotatable bonds is 5. The second kappa shape index (κ2) is 7.47. The summed E-state index contributed by atoms with van der Waals surface area (Å²) in [5, 5.41) is 3.22. The van der Waals surface area contributed by atoms with Crippen molar-refractivity contribution in [2.45, 2.75) is 12.8 Å². The molecule has 0 radical (unpaired) electrons. The van der Waals surface area contributed by atoms with Crippen LogP contribution in [0.1, 0.15) is 12.8 Å². The van der Waals surface area contributed by atoms with Gasteiger partial charge in [0.2, 0.25) is 5.91 Å². The Morgan fingerprint density at radius 3 is 2.95 bits per heavy atom. The highest BCUT2D eigenvalue weighted by atomic mass is 35.5. The molecule has 6 heteroatoms. The minimum absolute atomic E-state index is 0.0172. The van der Waals surface area contributed by atoms with Gasteiger partial charge in [0.1, 0.15) is 6.61 Å². The largest absolute Gasteiger partial charge is 0.397 e. The topological polar surface area (TPSA) is 73.6 Å². The fraction of sp³-hybridized carbons (Fsp3) is 0.500. The van der Waals surface area contributed by atoms with E-state index in [2.05, 4.69) is 5.32 Å². The number of halogens is 1. The maximum Gasteiger partial charge on any atom is 0.250 e. The number of nitrogen functional groups attached to an aromatic ring is 1. The van der Waals surface area contributed by atoms with Gasteiger partial charge in [0.05, 0.1) is 18.0 Å². The Labute approximate surface area is 123 Å². The summed E-state index contributed by atoms with van der Waals surface area (Å²) in [6, 6.07) is 4.95. The van der Waals surface area contributed by atoms with Gasteiger partial charge in [0.25, 0.3) is 0 Å². The minimum Gasteiger partial charge on any atom is -0.397 e. The Bertz CT molecular complexity index is 462. The molecule has 1 aromatic rings. The molecule has 1 amide bonds. The van der Waals surface area contributed by atoms with Crippen molar-refractivity contribution in [3.8, 4) is 0 Å². The van der Waals surface area contributed by atoms with E-state index in [1.165, 1.54) is 0 Å². The van der Waals surface area contributed by atoms with Crippen LogP contribution in [-0.2, 0) is 14.3 Å². The normalized spacial score (nSPS) is 16.1. The Kier molecular flexibility index (Phi) is 5.64. The Balaban J connectivity index is 1.73. The fourth-order valence-corrected chi connectivity index (χ4v) is 2.23. The molecule has 1 aromatic carbocycles. The van der Waals surface area contributed by atoms with Gasteiger partial charge in [-0.25, -0.2) is 0 Å². The predicted molar refractivity (Wildman–Crippen MR) is 78.9 cm³/mol. The van der Waals surface area contributed by atoms with Crippen molar-refractivity contribution < 1.29 is 14.3 Å². The van der Waals surface area contributed by atoms with Crippen LogP contribution < -0.4 is 11.1 Å². The number of ether oxygens (including phenoxy) is 2. The van der Waals surface area contributed by atoms with Crippen molar-refractivity contribution in [3.05, 3.63) is 23.2 Å². The Morgan fingerprint density at radius 2 is 2.20 bits per heavy atom. The van der Waals surface area contributed by atoms with Gasteiger partial charge < -0.3 is 20.5 Å². The molecule has 110 valence electrons. The van der Waals surface area contributed by atoms with Crippen molar-refractivity contribution in [1.82, 2.24) is 0 Å². The molecule has 0 aliphatic carbocycles. The molecule has 20 heavy (non-hydrogen) atoms. The monoisotopic (exact) mass is 298 g/mol. The van der Waals surface area contributed by atoms with Crippen LogP contribution in [0.15, 0.2) is 18.2 Å². The molecular weight excluding hydrogens is 280 g/mol. The third kappa shape index (κ3) is 4.67. The van der Waals surface area contributed by atoms with E-state index in [1.54, 1.807) is 18.2 Å². The minimum atomic E-state index is -0.231. The van der Waals surface area contributed by atoms with Crippen LogP contribution in [0, 0.1) is 5.92 Å². The molecule has 1 fully saturated rings. The quantitative estimate of drug-likeness (QED) is 0.818. The molecule has 0 saturated carbocycles. The zero-order chi connectivity index (χ0) is 14.4. The first-order valence-electron chi connectivity index (χ1n) is 6.65. The maximum atomic E-state index is 11.8. The average Bonchev–Trinajstić information content (AvgIpc) is 2.44. The van der Waals surface area contributed by atoms with Gasteiger partial charge in [0, 0.05) is 18.2 Å². The molecule has 0 atom stereocenters.